The Hall–Kier alpha value is -3.63. The van der Waals surface area contributed by atoms with E-state index in [1.54, 1.807) is 25.4 Å². The zero-order valence-corrected chi connectivity index (χ0v) is 16.1. The van der Waals surface area contributed by atoms with Crippen LogP contribution >= 0.6 is 0 Å². The molecule has 29 heavy (non-hydrogen) atoms. The summed E-state index contributed by atoms with van der Waals surface area (Å²) >= 11 is 0. The van der Waals surface area contributed by atoms with Gasteiger partial charge in [-0.25, -0.2) is 9.97 Å². The number of aromatic nitrogens is 2. The highest BCUT2D eigenvalue weighted by Crippen LogP contribution is 2.26. The van der Waals surface area contributed by atoms with Gasteiger partial charge in [-0.3, -0.25) is 0 Å². The zero-order valence-electron chi connectivity index (χ0n) is 16.1. The summed E-state index contributed by atoms with van der Waals surface area (Å²) in [6, 6.07) is 17.6. The third-order valence-corrected chi connectivity index (χ3v) is 4.77. The molecule has 0 spiro atoms. The van der Waals surface area contributed by atoms with E-state index in [0.717, 1.165) is 43.2 Å². The Bertz CT molecular complexity index is 1020. The molecule has 1 aliphatic rings. The third kappa shape index (κ3) is 4.28. The molecule has 1 saturated heterocycles. The van der Waals surface area contributed by atoms with Gasteiger partial charge in [0.2, 0.25) is 5.95 Å². The summed E-state index contributed by atoms with van der Waals surface area (Å²) in [5.74, 6) is 1.04. The second-order valence-electron chi connectivity index (χ2n) is 6.56. The SMILES string of the molecule is COc1ccc(-c2ccnc(Nc3ccc(N4CCOCC4)cc3)n2)cc1C#N. The van der Waals surface area contributed by atoms with Crippen molar-refractivity contribution >= 4 is 17.3 Å². The van der Waals surface area contributed by atoms with Crippen molar-refractivity contribution in [2.45, 2.75) is 0 Å². The highest BCUT2D eigenvalue weighted by atomic mass is 16.5. The maximum Gasteiger partial charge on any atom is 0.227 e. The average molecular weight is 387 g/mol. The van der Waals surface area contributed by atoms with Crippen molar-refractivity contribution in [2.24, 2.45) is 0 Å². The van der Waals surface area contributed by atoms with E-state index in [9.17, 15) is 5.26 Å². The maximum atomic E-state index is 9.30. The molecule has 7 nitrogen and oxygen atoms in total. The van der Waals surface area contributed by atoms with E-state index in [1.165, 1.54) is 5.69 Å². The fourth-order valence-corrected chi connectivity index (χ4v) is 3.24. The number of anilines is 3. The first-order valence-electron chi connectivity index (χ1n) is 9.38. The number of morpholine rings is 1. The van der Waals surface area contributed by atoms with Crippen LogP contribution in [0.4, 0.5) is 17.3 Å². The summed E-state index contributed by atoms with van der Waals surface area (Å²) in [5, 5.41) is 12.5. The Morgan fingerprint density at radius 1 is 1.10 bits per heavy atom. The first-order chi connectivity index (χ1) is 14.3. The summed E-state index contributed by atoms with van der Waals surface area (Å²) in [7, 11) is 1.55. The van der Waals surface area contributed by atoms with Crippen LogP contribution in [0.15, 0.2) is 54.7 Å². The number of rotatable bonds is 5. The van der Waals surface area contributed by atoms with Crippen molar-refractivity contribution in [1.29, 1.82) is 5.26 Å². The van der Waals surface area contributed by atoms with Gasteiger partial charge < -0.3 is 19.7 Å². The standard InChI is InChI=1S/C22H21N5O2/c1-28-21-7-2-16(14-17(21)15-23)20-8-9-24-22(26-20)25-18-3-5-19(6-4-18)27-10-12-29-13-11-27/h2-9,14H,10-13H2,1H3,(H,24,25,26). The van der Waals surface area contributed by atoms with Crippen molar-refractivity contribution in [2.75, 3.05) is 43.6 Å². The Morgan fingerprint density at radius 2 is 1.90 bits per heavy atom. The Morgan fingerprint density at radius 3 is 2.62 bits per heavy atom. The van der Waals surface area contributed by atoms with E-state index < -0.39 is 0 Å². The monoisotopic (exact) mass is 387 g/mol. The number of ether oxygens (including phenoxy) is 2. The Kier molecular flexibility index (Phi) is 5.54. The molecule has 4 rings (SSSR count). The summed E-state index contributed by atoms with van der Waals surface area (Å²) in [6.07, 6.45) is 1.70. The lowest BCUT2D eigenvalue weighted by Gasteiger charge is -2.28. The molecule has 1 aromatic heterocycles. The topological polar surface area (TPSA) is 83.3 Å². The molecule has 7 heteroatoms. The van der Waals surface area contributed by atoms with E-state index in [1.807, 2.05) is 24.3 Å². The van der Waals surface area contributed by atoms with Gasteiger partial charge in [0, 0.05) is 36.2 Å². The molecule has 3 aromatic rings. The number of nitrogens with one attached hydrogen (secondary N) is 1. The molecule has 0 saturated carbocycles. The molecule has 0 bridgehead atoms. The van der Waals surface area contributed by atoms with Crippen LogP contribution in [0.2, 0.25) is 0 Å². The molecule has 2 heterocycles. The second kappa shape index (κ2) is 8.59. The van der Waals surface area contributed by atoms with E-state index in [2.05, 4.69) is 38.4 Å². The van der Waals surface area contributed by atoms with Gasteiger partial charge in [0.15, 0.2) is 0 Å². The largest absolute Gasteiger partial charge is 0.495 e. The van der Waals surface area contributed by atoms with Crippen molar-refractivity contribution in [3.63, 3.8) is 0 Å². The second-order valence-corrected chi connectivity index (χ2v) is 6.56. The lowest BCUT2D eigenvalue weighted by atomic mass is 10.1. The van der Waals surface area contributed by atoms with Gasteiger partial charge >= 0.3 is 0 Å². The van der Waals surface area contributed by atoms with Crippen molar-refractivity contribution in [3.05, 3.63) is 60.3 Å². The number of benzene rings is 2. The van der Waals surface area contributed by atoms with Crippen LogP contribution in [0.1, 0.15) is 5.56 Å². The first-order valence-corrected chi connectivity index (χ1v) is 9.38. The lowest BCUT2D eigenvalue weighted by Crippen LogP contribution is -2.36. The van der Waals surface area contributed by atoms with Crippen molar-refractivity contribution < 1.29 is 9.47 Å². The fourth-order valence-electron chi connectivity index (χ4n) is 3.24. The minimum atomic E-state index is 0.469. The molecule has 1 fully saturated rings. The summed E-state index contributed by atoms with van der Waals surface area (Å²) in [5.41, 5.74) is 4.11. The molecule has 0 radical (unpaired) electrons. The third-order valence-electron chi connectivity index (χ3n) is 4.77. The zero-order chi connectivity index (χ0) is 20.1. The van der Waals surface area contributed by atoms with Crippen LogP contribution in [0.3, 0.4) is 0 Å². The van der Waals surface area contributed by atoms with E-state index in [-0.39, 0.29) is 0 Å². The molecular formula is C22H21N5O2. The minimum Gasteiger partial charge on any atom is -0.495 e. The van der Waals surface area contributed by atoms with Crippen LogP contribution in [-0.4, -0.2) is 43.4 Å². The van der Waals surface area contributed by atoms with Gasteiger partial charge in [-0.05, 0) is 48.5 Å². The number of hydrogen-bond donors (Lipinski definition) is 1. The van der Waals surface area contributed by atoms with Gasteiger partial charge in [-0.1, -0.05) is 0 Å². The van der Waals surface area contributed by atoms with Crippen LogP contribution in [0.5, 0.6) is 5.75 Å². The number of hydrogen-bond acceptors (Lipinski definition) is 7. The quantitative estimate of drug-likeness (QED) is 0.716. The van der Waals surface area contributed by atoms with E-state index in [4.69, 9.17) is 9.47 Å². The van der Waals surface area contributed by atoms with E-state index >= 15 is 0 Å². The van der Waals surface area contributed by atoms with Crippen LogP contribution in [0, 0.1) is 11.3 Å². The van der Waals surface area contributed by atoms with E-state index in [0.29, 0.717) is 17.3 Å². The van der Waals surface area contributed by atoms with Crippen LogP contribution < -0.4 is 15.0 Å². The van der Waals surface area contributed by atoms with Gasteiger partial charge in [0.25, 0.3) is 0 Å². The normalized spacial score (nSPS) is 13.6. The van der Waals surface area contributed by atoms with Gasteiger partial charge in [-0.15, -0.1) is 0 Å². The molecular weight excluding hydrogens is 366 g/mol. The molecule has 0 amide bonds. The smallest absolute Gasteiger partial charge is 0.227 e. The van der Waals surface area contributed by atoms with Crippen LogP contribution in [0.25, 0.3) is 11.3 Å². The maximum absolute atomic E-state index is 9.30. The Balaban J connectivity index is 1.51. The van der Waals surface area contributed by atoms with Gasteiger partial charge in [0.1, 0.15) is 11.8 Å². The molecule has 1 N–H and O–H groups in total. The van der Waals surface area contributed by atoms with Gasteiger partial charge in [-0.2, -0.15) is 5.26 Å². The summed E-state index contributed by atoms with van der Waals surface area (Å²) in [4.78, 5) is 11.2. The number of nitrogens with zero attached hydrogens (tertiary/aromatic N) is 4. The minimum absolute atomic E-state index is 0.469. The van der Waals surface area contributed by atoms with Crippen molar-refractivity contribution in [1.82, 2.24) is 9.97 Å². The highest BCUT2D eigenvalue weighted by Gasteiger charge is 2.11. The Labute approximate surface area is 169 Å². The van der Waals surface area contributed by atoms with Crippen molar-refractivity contribution in [3.8, 4) is 23.1 Å². The first kappa shape index (κ1) is 18.7. The predicted octanol–water partition coefficient (Wildman–Crippen LogP) is 3.60. The van der Waals surface area contributed by atoms with Gasteiger partial charge in [0.05, 0.1) is 31.6 Å². The summed E-state index contributed by atoms with van der Waals surface area (Å²) in [6.45, 7) is 3.34. The number of methoxy groups -OCH3 is 1. The van der Waals surface area contributed by atoms with Crippen LogP contribution in [-0.2, 0) is 4.74 Å². The predicted molar refractivity (Wildman–Crippen MR) is 111 cm³/mol. The molecule has 0 aliphatic carbocycles. The molecule has 0 unspecified atom stereocenters. The number of nitriles is 1. The highest BCUT2D eigenvalue weighted by molar-refractivity contribution is 5.66. The molecule has 0 atom stereocenters. The summed E-state index contributed by atoms with van der Waals surface area (Å²) < 4.78 is 10.6. The lowest BCUT2D eigenvalue weighted by molar-refractivity contribution is 0.122. The molecule has 1 aliphatic heterocycles. The fraction of sp³-hybridized carbons (Fsp3) is 0.227. The molecule has 2 aromatic carbocycles. The average Bonchev–Trinajstić information content (AvgIpc) is 2.80. The molecule has 146 valence electrons.